The average Bonchev–Trinajstić information content (AvgIpc) is 3.12. The van der Waals surface area contributed by atoms with Crippen molar-refractivity contribution in [2.45, 2.75) is 0 Å². The topological polar surface area (TPSA) is 227 Å². The lowest BCUT2D eigenvalue weighted by Crippen LogP contribution is -2.01. The molecule has 0 aromatic carbocycles. The van der Waals surface area contributed by atoms with Gasteiger partial charge < -0.3 is 20.4 Å². The minimum Gasteiger partial charge on any atom is -0.478 e. The Balaban J connectivity index is 1.60. The molecule has 0 amide bonds. The smallest absolute Gasteiger partial charge is 0.337 e. The number of carboxylic acid groups (broad SMARTS) is 4. The van der Waals surface area contributed by atoms with Gasteiger partial charge in [-0.1, -0.05) is 0 Å². The number of aromatic nitrogens is 6. The molecule has 0 bridgehead atoms. The Labute approximate surface area is 282 Å². The van der Waals surface area contributed by atoms with Crippen molar-refractivity contribution in [3.05, 3.63) is 141 Å². The monoisotopic (exact) mass is 668 g/mol. The molecule has 0 saturated heterocycles. The summed E-state index contributed by atoms with van der Waals surface area (Å²) in [5, 5.41) is 36.8. The summed E-state index contributed by atoms with van der Waals surface area (Å²) in [6.07, 6.45) is 17.9. The number of hydrogen-bond donors (Lipinski definition) is 4. The van der Waals surface area contributed by atoms with Crippen LogP contribution in [0, 0.1) is 0 Å². The highest BCUT2D eigenvalue weighted by Gasteiger charge is 2.10. The van der Waals surface area contributed by atoms with Gasteiger partial charge in [-0.2, -0.15) is 0 Å². The summed E-state index contributed by atoms with van der Waals surface area (Å²) in [6.45, 7) is 0. The molecule has 0 atom stereocenters. The standard InChI is InChI=1S/C36H24N6O8/c43-33(44)21-1-5-25(37-17-21)9-13-29-30(14-10-26-6-2-22(18-38-26)34(45)46)42-32(16-12-28-8-4-24(20-40-28)36(49)50)31(41-29)15-11-27-7-3-23(19-39-27)35(47)48/h1-20H,(H,43,44)(H,45,46)(H,47,48)(H,49,50). The molecule has 0 aliphatic rings. The molecule has 0 saturated carbocycles. The molecule has 246 valence electrons. The van der Waals surface area contributed by atoms with Crippen LogP contribution < -0.4 is 0 Å². The molecular weight excluding hydrogens is 644 g/mol. The SMILES string of the molecule is O=C(O)c1ccc(C=Cc2nc(C=Cc3ccc(C(=O)O)cn3)c(C=Cc3ccc(C(=O)O)cn3)nc2C=Cc2ccc(C(=O)O)cn2)nc1. The van der Waals surface area contributed by atoms with E-state index in [2.05, 4.69) is 19.9 Å². The van der Waals surface area contributed by atoms with Crippen molar-refractivity contribution >= 4 is 72.5 Å². The van der Waals surface area contributed by atoms with Gasteiger partial charge in [0.2, 0.25) is 0 Å². The van der Waals surface area contributed by atoms with E-state index in [-0.39, 0.29) is 22.3 Å². The Morgan fingerprint density at radius 3 is 0.740 bits per heavy atom. The van der Waals surface area contributed by atoms with Crippen LogP contribution in [0.2, 0.25) is 0 Å². The Kier molecular flexibility index (Phi) is 10.4. The predicted octanol–water partition coefficient (Wildman–Crippen LogP) is 5.53. The minimum atomic E-state index is -1.11. The Morgan fingerprint density at radius 2 is 0.580 bits per heavy atom. The fourth-order valence-corrected chi connectivity index (χ4v) is 4.16. The van der Waals surface area contributed by atoms with Crippen molar-refractivity contribution in [2.75, 3.05) is 0 Å². The van der Waals surface area contributed by atoms with E-state index in [0.29, 0.717) is 45.6 Å². The van der Waals surface area contributed by atoms with Crippen LogP contribution in [0.25, 0.3) is 48.6 Å². The van der Waals surface area contributed by atoms with E-state index in [1.165, 1.54) is 73.3 Å². The van der Waals surface area contributed by atoms with E-state index in [1.807, 2.05) is 0 Å². The third kappa shape index (κ3) is 8.86. The summed E-state index contributed by atoms with van der Waals surface area (Å²) < 4.78 is 0. The number of rotatable bonds is 12. The zero-order valence-electron chi connectivity index (χ0n) is 25.7. The van der Waals surface area contributed by atoms with Gasteiger partial charge in [-0.25, -0.2) is 29.1 Å². The van der Waals surface area contributed by atoms with E-state index >= 15 is 0 Å². The van der Waals surface area contributed by atoms with E-state index in [1.54, 1.807) is 48.6 Å². The quantitative estimate of drug-likeness (QED) is 0.128. The van der Waals surface area contributed by atoms with Crippen molar-refractivity contribution in [3.63, 3.8) is 0 Å². The normalized spacial score (nSPS) is 11.5. The van der Waals surface area contributed by atoms with Gasteiger partial charge in [0, 0.05) is 24.8 Å². The molecule has 14 nitrogen and oxygen atoms in total. The van der Waals surface area contributed by atoms with Crippen LogP contribution in [0.15, 0.2) is 73.3 Å². The highest BCUT2D eigenvalue weighted by atomic mass is 16.4. The van der Waals surface area contributed by atoms with Gasteiger partial charge >= 0.3 is 23.9 Å². The summed E-state index contributed by atoms with van der Waals surface area (Å²) in [4.78, 5) is 71.3. The van der Waals surface area contributed by atoms with Gasteiger partial charge in [-0.05, 0) is 97.1 Å². The number of aromatic carboxylic acids is 4. The lowest BCUT2D eigenvalue weighted by Gasteiger charge is -2.07. The number of hydrogen-bond acceptors (Lipinski definition) is 10. The van der Waals surface area contributed by atoms with Crippen LogP contribution in [0.3, 0.4) is 0 Å². The molecule has 0 radical (unpaired) electrons. The summed E-state index contributed by atoms with van der Waals surface area (Å²) in [6, 6.07) is 11.8. The van der Waals surface area contributed by atoms with Crippen molar-refractivity contribution in [1.29, 1.82) is 0 Å². The summed E-state index contributed by atoms with van der Waals surface area (Å²) in [5.41, 5.74) is 3.31. The van der Waals surface area contributed by atoms with Crippen molar-refractivity contribution in [2.24, 2.45) is 0 Å². The maximum atomic E-state index is 11.3. The van der Waals surface area contributed by atoms with Crippen LogP contribution in [0.5, 0.6) is 0 Å². The van der Waals surface area contributed by atoms with Crippen LogP contribution in [0.1, 0.15) is 87.0 Å². The molecule has 0 spiro atoms. The first-order valence-electron chi connectivity index (χ1n) is 14.5. The first-order chi connectivity index (χ1) is 24.0. The highest BCUT2D eigenvalue weighted by Crippen LogP contribution is 2.20. The summed E-state index contributed by atoms with van der Waals surface area (Å²) >= 11 is 0. The molecule has 5 aromatic heterocycles. The fraction of sp³-hybridized carbons (Fsp3) is 0. The van der Waals surface area contributed by atoms with E-state index in [4.69, 9.17) is 9.97 Å². The van der Waals surface area contributed by atoms with E-state index in [0.717, 1.165) is 0 Å². The predicted molar refractivity (Wildman–Crippen MR) is 183 cm³/mol. The second-order valence-electron chi connectivity index (χ2n) is 10.2. The van der Waals surface area contributed by atoms with Crippen LogP contribution >= 0.6 is 0 Å². The van der Waals surface area contributed by atoms with Gasteiger partial charge in [0.15, 0.2) is 0 Å². The van der Waals surface area contributed by atoms with Crippen LogP contribution in [-0.4, -0.2) is 74.2 Å². The largest absolute Gasteiger partial charge is 0.478 e. The first-order valence-corrected chi connectivity index (χ1v) is 14.5. The van der Waals surface area contributed by atoms with Crippen molar-refractivity contribution in [1.82, 2.24) is 29.9 Å². The lowest BCUT2D eigenvalue weighted by atomic mass is 10.1. The van der Waals surface area contributed by atoms with Crippen LogP contribution in [-0.2, 0) is 0 Å². The van der Waals surface area contributed by atoms with Gasteiger partial charge in [0.05, 0.1) is 67.8 Å². The molecule has 0 aliphatic carbocycles. The van der Waals surface area contributed by atoms with Gasteiger partial charge in [-0.3, -0.25) is 19.9 Å². The molecule has 5 aromatic rings. The Morgan fingerprint density at radius 1 is 0.360 bits per heavy atom. The Bertz CT molecular complexity index is 1880. The number of carbonyl (C=O) groups is 4. The molecule has 4 N–H and O–H groups in total. The minimum absolute atomic E-state index is 0.0210. The molecule has 50 heavy (non-hydrogen) atoms. The molecule has 0 unspecified atom stereocenters. The van der Waals surface area contributed by atoms with Gasteiger partial charge in [-0.15, -0.1) is 0 Å². The zero-order chi connectivity index (χ0) is 35.6. The molecule has 0 aliphatic heterocycles. The second-order valence-corrected chi connectivity index (χ2v) is 10.2. The molecule has 14 heteroatoms. The van der Waals surface area contributed by atoms with Gasteiger partial charge in [0.25, 0.3) is 0 Å². The van der Waals surface area contributed by atoms with Gasteiger partial charge in [0.1, 0.15) is 0 Å². The summed E-state index contributed by atoms with van der Waals surface area (Å²) in [5.74, 6) is -4.46. The average molecular weight is 669 g/mol. The second kappa shape index (κ2) is 15.4. The zero-order valence-corrected chi connectivity index (χ0v) is 25.7. The number of pyridine rings is 4. The lowest BCUT2D eigenvalue weighted by molar-refractivity contribution is 0.0685. The third-order valence-electron chi connectivity index (χ3n) is 6.79. The highest BCUT2D eigenvalue weighted by molar-refractivity contribution is 5.89. The van der Waals surface area contributed by atoms with E-state index in [9.17, 15) is 39.6 Å². The van der Waals surface area contributed by atoms with Crippen molar-refractivity contribution in [3.8, 4) is 0 Å². The third-order valence-corrected chi connectivity index (χ3v) is 6.79. The fourth-order valence-electron chi connectivity index (χ4n) is 4.16. The number of carboxylic acids is 4. The Hall–Kier alpha value is -7.48. The molecule has 0 fully saturated rings. The van der Waals surface area contributed by atoms with E-state index < -0.39 is 23.9 Å². The van der Waals surface area contributed by atoms with Crippen LogP contribution in [0.4, 0.5) is 0 Å². The number of nitrogens with zero attached hydrogens (tertiary/aromatic N) is 6. The maximum Gasteiger partial charge on any atom is 0.337 e. The molecular formula is C36H24N6O8. The maximum absolute atomic E-state index is 11.3. The molecule has 5 rings (SSSR count). The summed E-state index contributed by atoms with van der Waals surface area (Å²) in [7, 11) is 0. The molecule has 5 heterocycles. The first kappa shape index (κ1) is 33.9. The van der Waals surface area contributed by atoms with Crippen molar-refractivity contribution < 1.29 is 39.6 Å².